The molecule has 2 aliphatic rings. The van der Waals surface area contributed by atoms with E-state index in [1.54, 1.807) is 12.3 Å². The molecule has 0 unspecified atom stereocenters. The quantitative estimate of drug-likeness (QED) is 0.715. The van der Waals surface area contributed by atoms with Gasteiger partial charge in [0.2, 0.25) is 0 Å². The lowest BCUT2D eigenvalue weighted by molar-refractivity contribution is 1.05. The number of allylic oxidation sites excluding steroid dienone is 4. The van der Waals surface area contributed by atoms with Gasteiger partial charge < -0.3 is 0 Å². The van der Waals surface area contributed by atoms with Gasteiger partial charge in [-0.1, -0.05) is 24.8 Å². The second-order valence-corrected chi connectivity index (χ2v) is 4.97. The first-order chi connectivity index (χ1) is 9.33. The van der Waals surface area contributed by atoms with Crippen molar-refractivity contribution in [2.75, 3.05) is 0 Å². The molecule has 5 heteroatoms. The Kier molecular flexibility index (Phi) is 3.23. The summed E-state index contributed by atoms with van der Waals surface area (Å²) >= 11 is 1.44. The minimum Gasteiger partial charge on any atom is -0.243 e. The summed E-state index contributed by atoms with van der Waals surface area (Å²) in [5.41, 5.74) is 1.11. The van der Waals surface area contributed by atoms with Crippen molar-refractivity contribution >= 4 is 23.7 Å². The van der Waals surface area contributed by atoms with Crippen LogP contribution in [0.1, 0.15) is 6.42 Å². The van der Waals surface area contributed by atoms with Gasteiger partial charge in [-0.05, 0) is 35.7 Å². The third-order valence-corrected chi connectivity index (χ3v) is 3.48. The molecule has 0 aliphatic carbocycles. The normalized spacial score (nSPS) is 19.2. The van der Waals surface area contributed by atoms with Gasteiger partial charge in [0.1, 0.15) is 16.7 Å². The molecular formula is C14H10N4S. The van der Waals surface area contributed by atoms with Gasteiger partial charge in [0.05, 0.1) is 16.6 Å². The van der Waals surface area contributed by atoms with Crippen LogP contribution in [0.15, 0.2) is 62.9 Å². The van der Waals surface area contributed by atoms with Crippen molar-refractivity contribution in [3.05, 3.63) is 63.7 Å². The Morgan fingerprint density at radius 1 is 1.37 bits per heavy atom. The molecule has 4 nitrogen and oxygen atoms in total. The minimum absolute atomic E-state index is 0.666. The Balaban J connectivity index is 2.18. The molecule has 3 rings (SSSR count). The Morgan fingerprint density at radius 2 is 2.32 bits per heavy atom. The Labute approximate surface area is 114 Å². The Morgan fingerprint density at radius 3 is 3.26 bits per heavy atom. The zero-order chi connectivity index (χ0) is 13.1. The van der Waals surface area contributed by atoms with Gasteiger partial charge in [-0.2, -0.15) is 4.99 Å². The molecule has 0 atom stereocenters. The predicted molar refractivity (Wildman–Crippen MR) is 76.8 cm³/mol. The molecule has 1 aromatic rings. The Hall–Kier alpha value is -2.23. The average Bonchev–Trinajstić information content (AvgIpc) is 2.59. The molecule has 0 N–H and O–H groups in total. The zero-order valence-corrected chi connectivity index (χ0v) is 10.9. The first-order valence-electron chi connectivity index (χ1n) is 5.74. The largest absolute Gasteiger partial charge is 0.243 e. The number of aliphatic imine (C=N–C) groups is 1. The van der Waals surface area contributed by atoms with Crippen molar-refractivity contribution in [1.82, 2.24) is 9.97 Å². The van der Waals surface area contributed by atoms with E-state index in [2.05, 4.69) is 32.4 Å². The second kappa shape index (κ2) is 5.18. The first-order valence-corrected chi connectivity index (χ1v) is 6.55. The third-order valence-electron chi connectivity index (χ3n) is 2.61. The molecule has 0 saturated carbocycles. The van der Waals surface area contributed by atoms with Gasteiger partial charge in [0.25, 0.3) is 0 Å². The molecule has 0 spiro atoms. The summed E-state index contributed by atoms with van der Waals surface area (Å²) in [6, 6.07) is 0. The van der Waals surface area contributed by atoms with E-state index in [-0.39, 0.29) is 0 Å². The number of rotatable bonds is 0. The summed E-state index contributed by atoms with van der Waals surface area (Å²) < 4.78 is 0. The molecule has 0 amide bonds. The van der Waals surface area contributed by atoms with Crippen LogP contribution in [0.3, 0.4) is 0 Å². The van der Waals surface area contributed by atoms with Crippen LogP contribution in [0.2, 0.25) is 0 Å². The van der Waals surface area contributed by atoms with E-state index >= 15 is 0 Å². The van der Waals surface area contributed by atoms with E-state index in [0.717, 1.165) is 27.7 Å². The average molecular weight is 266 g/mol. The molecule has 3 heterocycles. The summed E-state index contributed by atoms with van der Waals surface area (Å²) in [6.45, 7) is 3.95. The van der Waals surface area contributed by atoms with Crippen molar-refractivity contribution in [1.29, 1.82) is 0 Å². The van der Waals surface area contributed by atoms with Crippen molar-refractivity contribution in [3.63, 3.8) is 0 Å². The summed E-state index contributed by atoms with van der Waals surface area (Å²) in [7, 11) is 0. The maximum absolute atomic E-state index is 4.44. The number of nitrogens with zero attached hydrogens (tertiary/aromatic N) is 4. The van der Waals surface area contributed by atoms with E-state index in [9.17, 15) is 0 Å². The van der Waals surface area contributed by atoms with Crippen LogP contribution in [-0.4, -0.2) is 15.8 Å². The fraction of sp³-hybridized carbons (Fsp3) is 0.0714. The number of aromatic nitrogens is 2. The highest BCUT2D eigenvalue weighted by Gasteiger charge is 2.08. The van der Waals surface area contributed by atoms with E-state index in [4.69, 9.17) is 0 Å². The van der Waals surface area contributed by atoms with Crippen LogP contribution in [0.4, 0.5) is 0 Å². The maximum atomic E-state index is 4.44. The number of fused-ring (bicyclic) bond motifs is 1. The molecule has 0 radical (unpaired) electrons. The lowest BCUT2D eigenvalue weighted by Gasteiger charge is -2.03. The SMILES string of the molecule is C=C1N=c2cncn/c2=C/CC2=C(N=C=CC=C2)S1. The predicted octanol–water partition coefficient (Wildman–Crippen LogP) is 1.49. The molecule has 2 aliphatic heterocycles. The van der Waals surface area contributed by atoms with Crippen molar-refractivity contribution in [2.24, 2.45) is 9.98 Å². The molecule has 19 heavy (non-hydrogen) atoms. The number of hydrogen-bond donors (Lipinski definition) is 0. The zero-order valence-electron chi connectivity index (χ0n) is 10.1. The smallest absolute Gasteiger partial charge is 0.116 e. The summed E-state index contributed by atoms with van der Waals surface area (Å²) in [4.78, 5) is 17.0. The lowest BCUT2D eigenvalue weighted by atomic mass is 10.2. The van der Waals surface area contributed by atoms with E-state index in [1.165, 1.54) is 18.1 Å². The summed E-state index contributed by atoms with van der Waals surface area (Å²) in [5.74, 6) is 2.87. The third kappa shape index (κ3) is 2.62. The van der Waals surface area contributed by atoms with Crippen LogP contribution in [0.25, 0.3) is 6.08 Å². The fourth-order valence-corrected chi connectivity index (χ4v) is 2.49. The molecule has 0 aromatic carbocycles. The van der Waals surface area contributed by atoms with E-state index < -0.39 is 0 Å². The van der Waals surface area contributed by atoms with Gasteiger partial charge in [-0.15, -0.1) is 0 Å². The van der Waals surface area contributed by atoms with Crippen LogP contribution < -0.4 is 10.7 Å². The highest BCUT2D eigenvalue weighted by Crippen LogP contribution is 2.31. The first kappa shape index (κ1) is 11.8. The summed E-state index contributed by atoms with van der Waals surface area (Å²) in [5, 5.41) is 3.09. The molecule has 1 aromatic heterocycles. The molecule has 0 fully saturated rings. The van der Waals surface area contributed by atoms with Gasteiger partial charge in [0, 0.05) is 0 Å². The van der Waals surface area contributed by atoms with Crippen LogP contribution in [-0.2, 0) is 0 Å². The van der Waals surface area contributed by atoms with E-state index in [1.807, 2.05) is 18.2 Å². The maximum Gasteiger partial charge on any atom is 0.116 e. The van der Waals surface area contributed by atoms with E-state index in [0.29, 0.717) is 5.03 Å². The second-order valence-electron chi connectivity index (χ2n) is 3.91. The fourth-order valence-electron chi connectivity index (χ4n) is 1.74. The highest BCUT2D eigenvalue weighted by molar-refractivity contribution is 8.06. The molecule has 0 bridgehead atoms. The van der Waals surface area contributed by atoms with Gasteiger partial charge in [-0.3, -0.25) is 0 Å². The van der Waals surface area contributed by atoms with Gasteiger partial charge in [0.15, 0.2) is 0 Å². The summed E-state index contributed by atoms with van der Waals surface area (Å²) in [6.07, 6.45) is 11.7. The van der Waals surface area contributed by atoms with Crippen molar-refractivity contribution in [3.8, 4) is 0 Å². The van der Waals surface area contributed by atoms with Gasteiger partial charge >= 0.3 is 0 Å². The van der Waals surface area contributed by atoms with Crippen LogP contribution in [0, 0.1) is 0 Å². The van der Waals surface area contributed by atoms with Crippen LogP contribution >= 0.6 is 11.8 Å². The molecule has 0 saturated heterocycles. The van der Waals surface area contributed by atoms with Crippen molar-refractivity contribution < 1.29 is 0 Å². The lowest BCUT2D eigenvalue weighted by Crippen LogP contribution is -2.28. The van der Waals surface area contributed by atoms with Crippen LogP contribution in [0.5, 0.6) is 0 Å². The van der Waals surface area contributed by atoms with Gasteiger partial charge in [-0.25, -0.2) is 15.0 Å². The van der Waals surface area contributed by atoms with Crippen molar-refractivity contribution in [2.45, 2.75) is 6.42 Å². The Bertz CT molecular complexity index is 780. The number of thioether (sulfide) groups is 1. The standard InChI is InChI=1S/C14H10N4S/c1-10-18-13-8-15-9-17-12(13)6-5-11-4-2-3-7-16-14(11)19-10/h2-4,6,8-9H,1,5H2/b12-6+,18-13?. The molecular weight excluding hydrogens is 256 g/mol. The highest BCUT2D eigenvalue weighted by atomic mass is 32.2. The topological polar surface area (TPSA) is 50.5 Å². The monoisotopic (exact) mass is 266 g/mol. The minimum atomic E-state index is 0.666. The molecule has 92 valence electrons. The number of hydrogen-bond acceptors (Lipinski definition) is 5.